The molecule has 0 aromatic carbocycles. The number of hydrogen-bond donors (Lipinski definition) is 2. The van der Waals surface area contributed by atoms with E-state index in [2.05, 4.69) is 15.6 Å². The fourth-order valence-electron chi connectivity index (χ4n) is 5.91. The molecule has 3 aliphatic carbocycles. The maximum Gasteiger partial charge on any atom is 0.270 e. The van der Waals surface area contributed by atoms with Crippen molar-refractivity contribution in [3.05, 3.63) is 29.6 Å². The predicted octanol–water partition coefficient (Wildman–Crippen LogP) is 2.59. The SMILES string of the molecule is CNC(=O)C12CC3CCCC(NC(=O)c4cccc(C)n4)(C1)C(C3)C2. The van der Waals surface area contributed by atoms with Gasteiger partial charge in [-0.2, -0.15) is 0 Å². The van der Waals surface area contributed by atoms with Crippen LogP contribution in [0.2, 0.25) is 0 Å². The van der Waals surface area contributed by atoms with Crippen LogP contribution in [0, 0.1) is 24.2 Å². The number of aromatic nitrogens is 1. The number of hydrogen-bond acceptors (Lipinski definition) is 3. The minimum atomic E-state index is -0.296. The average molecular weight is 341 g/mol. The van der Waals surface area contributed by atoms with Crippen LogP contribution in [-0.4, -0.2) is 29.4 Å². The van der Waals surface area contributed by atoms with Crippen LogP contribution in [0.25, 0.3) is 0 Å². The van der Waals surface area contributed by atoms with Crippen molar-refractivity contribution >= 4 is 11.8 Å². The average Bonchev–Trinajstić information content (AvgIpc) is 2.73. The largest absolute Gasteiger partial charge is 0.359 e. The molecule has 2 N–H and O–H groups in total. The Morgan fingerprint density at radius 3 is 2.88 bits per heavy atom. The smallest absolute Gasteiger partial charge is 0.270 e. The van der Waals surface area contributed by atoms with Crippen molar-refractivity contribution in [1.29, 1.82) is 0 Å². The first-order chi connectivity index (χ1) is 12.0. The molecule has 4 atom stereocenters. The topological polar surface area (TPSA) is 71.1 Å². The summed E-state index contributed by atoms with van der Waals surface area (Å²) < 4.78 is 0. The van der Waals surface area contributed by atoms with Gasteiger partial charge in [-0.05, 0) is 63.0 Å². The van der Waals surface area contributed by atoms with Gasteiger partial charge in [0.25, 0.3) is 5.91 Å². The molecule has 1 heterocycles. The summed E-state index contributed by atoms with van der Waals surface area (Å²) in [5, 5.41) is 6.25. The number of rotatable bonds is 3. The number of carbonyl (C=O) groups is 2. The second-order valence-corrected chi connectivity index (χ2v) is 8.41. The third-order valence-corrected chi connectivity index (χ3v) is 6.80. The highest BCUT2D eigenvalue weighted by Crippen LogP contribution is 2.61. The van der Waals surface area contributed by atoms with Crippen molar-refractivity contribution in [2.75, 3.05) is 7.05 Å². The maximum absolute atomic E-state index is 12.9. The molecule has 134 valence electrons. The lowest BCUT2D eigenvalue weighted by Crippen LogP contribution is -2.51. The standard InChI is InChI=1S/C20H27N3O2/c1-13-5-3-7-16(22-13)17(24)23-20-8-4-6-14-9-15(20)11-19(10-14,12-20)18(25)21-2/h3,5,7,14-15H,4,6,8-12H2,1-2H3,(H,21,25)(H,23,24). The fourth-order valence-corrected chi connectivity index (χ4v) is 5.91. The first-order valence-electron chi connectivity index (χ1n) is 9.45. The first kappa shape index (κ1) is 16.6. The molecule has 0 spiro atoms. The van der Waals surface area contributed by atoms with Crippen LogP contribution in [0.1, 0.15) is 61.1 Å². The van der Waals surface area contributed by atoms with Crippen molar-refractivity contribution in [2.24, 2.45) is 17.3 Å². The Morgan fingerprint density at radius 1 is 1.28 bits per heavy atom. The van der Waals surface area contributed by atoms with Crippen LogP contribution >= 0.6 is 0 Å². The molecule has 0 aliphatic heterocycles. The molecule has 3 aliphatic rings. The molecule has 1 aromatic heterocycles. The monoisotopic (exact) mass is 341 g/mol. The highest BCUT2D eigenvalue weighted by molar-refractivity contribution is 5.93. The molecule has 3 bridgehead atoms. The van der Waals surface area contributed by atoms with E-state index in [1.165, 1.54) is 6.42 Å². The maximum atomic E-state index is 12.9. The summed E-state index contributed by atoms with van der Waals surface area (Å²) in [6, 6.07) is 5.54. The molecule has 25 heavy (non-hydrogen) atoms. The van der Waals surface area contributed by atoms with Crippen LogP contribution in [0.3, 0.4) is 0 Å². The normalized spacial score (nSPS) is 35.9. The molecular weight excluding hydrogens is 314 g/mol. The number of nitrogens with one attached hydrogen (secondary N) is 2. The molecule has 4 unspecified atom stereocenters. The van der Waals surface area contributed by atoms with Crippen LogP contribution in [0.15, 0.2) is 18.2 Å². The lowest BCUT2D eigenvalue weighted by atomic mass is 9.69. The van der Waals surface area contributed by atoms with Crippen molar-refractivity contribution in [1.82, 2.24) is 15.6 Å². The third-order valence-electron chi connectivity index (χ3n) is 6.80. The third kappa shape index (κ3) is 2.64. The van der Waals surface area contributed by atoms with Crippen molar-refractivity contribution in [3.8, 4) is 0 Å². The molecule has 2 amide bonds. The Labute approximate surface area is 149 Å². The molecule has 3 saturated carbocycles. The fraction of sp³-hybridized carbons (Fsp3) is 0.650. The van der Waals surface area contributed by atoms with E-state index in [1.807, 2.05) is 19.1 Å². The number of carbonyl (C=O) groups excluding carboxylic acids is 2. The summed E-state index contributed by atoms with van der Waals surface area (Å²) in [4.78, 5) is 30.0. The van der Waals surface area contributed by atoms with Crippen LogP contribution in [0.5, 0.6) is 0 Å². The zero-order chi connectivity index (χ0) is 17.7. The molecule has 5 heteroatoms. The second-order valence-electron chi connectivity index (χ2n) is 8.41. The van der Waals surface area contributed by atoms with E-state index in [0.29, 0.717) is 17.5 Å². The molecule has 1 aromatic rings. The summed E-state index contributed by atoms with van der Waals surface area (Å²) in [7, 11) is 1.73. The minimum absolute atomic E-state index is 0.0956. The van der Waals surface area contributed by atoms with Gasteiger partial charge >= 0.3 is 0 Å². The predicted molar refractivity (Wildman–Crippen MR) is 95.0 cm³/mol. The highest BCUT2D eigenvalue weighted by atomic mass is 16.2. The number of fused-ring (bicyclic) bond motifs is 2. The summed E-state index contributed by atoms with van der Waals surface area (Å²) in [5.41, 5.74) is 0.778. The van der Waals surface area contributed by atoms with Crippen molar-refractivity contribution in [2.45, 2.75) is 57.4 Å². The molecule has 0 radical (unpaired) electrons. The van der Waals surface area contributed by atoms with E-state index in [1.54, 1.807) is 13.1 Å². The number of aryl methyl sites for hydroxylation is 1. The van der Waals surface area contributed by atoms with E-state index in [4.69, 9.17) is 0 Å². The van der Waals surface area contributed by atoms with Gasteiger partial charge in [-0.25, -0.2) is 4.98 Å². The Balaban J connectivity index is 1.65. The van der Waals surface area contributed by atoms with Gasteiger partial charge in [-0.1, -0.05) is 18.9 Å². The van der Waals surface area contributed by atoms with Gasteiger partial charge < -0.3 is 10.6 Å². The highest BCUT2D eigenvalue weighted by Gasteiger charge is 2.62. The summed E-state index contributed by atoms with van der Waals surface area (Å²) in [6.07, 6.45) is 7.08. The van der Waals surface area contributed by atoms with Crippen LogP contribution in [0.4, 0.5) is 0 Å². The van der Waals surface area contributed by atoms with E-state index in [0.717, 1.165) is 44.2 Å². The molecule has 5 nitrogen and oxygen atoms in total. The molecular formula is C20H27N3O2. The van der Waals surface area contributed by atoms with Gasteiger partial charge in [-0.3, -0.25) is 9.59 Å². The van der Waals surface area contributed by atoms with E-state index in [-0.39, 0.29) is 22.8 Å². The molecule has 0 saturated heterocycles. The Hall–Kier alpha value is -1.91. The zero-order valence-electron chi connectivity index (χ0n) is 15.1. The zero-order valence-corrected chi connectivity index (χ0v) is 15.1. The lowest BCUT2D eigenvalue weighted by Gasteiger charge is -2.36. The van der Waals surface area contributed by atoms with E-state index < -0.39 is 0 Å². The van der Waals surface area contributed by atoms with Crippen LogP contribution in [-0.2, 0) is 4.79 Å². The first-order valence-corrected chi connectivity index (χ1v) is 9.45. The quantitative estimate of drug-likeness (QED) is 0.888. The number of nitrogens with zero attached hydrogens (tertiary/aromatic N) is 1. The van der Waals surface area contributed by atoms with Crippen molar-refractivity contribution in [3.63, 3.8) is 0 Å². The number of amides is 2. The minimum Gasteiger partial charge on any atom is -0.359 e. The molecule has 4 rings (SSSR count). The molecule has 3 fully saturated rings. The Morgan fingerprint density at radius 2 is 2.12 bits per heavy atom. The lowest BCUT2D eigenvalue weighted by molar-refractivity contribution is -0.132. The summed E-state index contributed by atoms with van der Waals surface area (Å²) in [6.45, 7) is 1.90. The second kappa shape index (κ2) is 5.82. The van der Waals surface area contributed by atoms with E-state index >= 15 is 0 Å². The van der Waals surface area contributed by atoms with Gasteiger partial charge in [0.1, 0.15) is 5.69 Å². The Bertz CT molecular complexity index is 719. The van der Waals surface area contributed by atoms with Gasteiger partial charge in [0.2, 0.25) is 5.91 Å². The van der Waals surface area contributed by atoms with Crippen molar-refractivity contribution < 1.29 is 9.59 Å². The van der Waals surface area contributed by atoms with Gasteiger partial charge in [-0.15, -0.1) is 0 Å². The van der Waals surface area contributed by atoms with Gasteiger partial charge in [0, 0.05) is 18.3 Å². The summed E-state index contributed by atoms with van der Waals surface area (Å²) >= 11 is 0. The van der Waals surface area contributed by atoms with Gasteiger partial charge in [0.15, 0.2) is 0 Å². The number of pyridine rings is 1. The summed E-state index contributed by atoms with van der Waals surface area (Å²) in [5.74, 6) is 1.09. The van der Waals surface area contributed by atoms with Crippen LogP contribution < -0.4 is 10.6 Å². The Kier molecular flexibility index (Phi) is 3.85. The van der Waals surface area contributed by atoms with Gasteiger partial charge in [0.05, 0.1) is 5.41 Å². The van der Waals surface area contributed by atoms with E-state index in [9.17, 15) is 9.59 Å².